The molecule has 2 heterocycles. The Bertz CT molecular complexity index is 561. The fourth-order valence-electron chi connectivity index (χ4n) is 2.62. The number of nitrogens with one attached hydrogen (secondary N) is 2. The summed E-state index contributed by atoms with van der Waals surface area (Å²) in [5, 5.41) is 6.69. The summed E-state index contributed by atoms with van der Waals surface area (Å²) in [6, 6.07) is 6.29. The van der Waals surface area contributed by atoms with E-state index in [2.05, 4.69) is 27.8 Å². The highest BCUT2D eigenvalue weighted by Crippen LogP contribution is 2.24. The molecule has 1 aliphatic rings. The molecule has 2 aromatic rings. The Kier molecular flexibility index (Phi) is 3.50. The van der Waals surface area contributed by atoms with E-state index in [0.717, 1.165) is 30.8 Å². The number of aryl methyl sites for hydroxylation is 1. The zero-order valence-electron chi connectivity index (χ0n) is 11.3. The van der Waals surface area contributed by atoms with E-state index >= 15 is 0 Å². The molecule has 0 saturated carbocycles. The van der Waals surface area contributed by atoms with Crippen LogP contribution in [0.4, 0.5) is 0 Å². The molecule has 5 nitrogen and oxygen atoms in total. The van der Waals surface area contributed by atoms with Gasteiger partial charge in [-0.15, -0.1) is 0 Å². The molecule has 0 bridgehead atoms. The molecule has 0 radical (unpaired) electrons. The second kappa shape index (κ2) is 5.28. The summed E-state index contributed by atoms with van der Waals surface area (Å²) < 4.78 is 11.4. The quantitative estimate of drug-likeness (QED) is 0.874. The number of hydrogen-bond donors (Lipinski definition) is 2. The predicted octanol–water partition coefficient (Wildman–Crippen LogP) is 1.39. The molecule has 2 unspecified atom stereocenters. The van der Waals surface area contributed by atoms with E-state index in [1.54, 1.807) is 0 Å². The van der Waals surface area contributed by atoms with Gasteiger partial charge in [-0.05, 0) is 24.7 Å². The molecule has 0 amide bonds. The minimum absolute atomic E-state index is 0.139. The summed E-state index contributed by atoms with van der Waals surface area (Å²) in [4.78, 5) is 4.32. The number of likely N-dealkylation sites (N-methyl/N-ethyl adjacent to an activating group) is 1. The molecule has 0 spiro atoms. The van der Waals surface area contributed by atoms with Gasteiger partial charge in [0.05, 0.1) is 18.8 Å². The number of fused-ring (bicyclic) bond motifs is 1. The normalized spacial score (nSPS) is 21.7. The predicted molar refractivity (Wildman–Crippen MR) is 73.2 cm³/mol. The maximum atomic E-state index is 5.83. The standard InChI is InChI=1S/C14H19N3O2/c1-9-17-11-4-3-10(7-12(11)19-9)14(15-2)13-8-16-5-6-18-13/h3-4,7,13-16H,5-6,8H2,1-2H3. The van der Waals surface area contributed by atoms with Gasteiger partial charge in [0.25, 0.3) is 0 Å². The van der Waals surface area contributed by atoms with E-state index in [9.17, 15) is 0 Å². The Balaban J connectivity index is 1.91. The molecular formula is C14H19N3O2. The van der Waals surface area contributed by atoms with Crippen molar-refractivity contribution in [1.82, 2.24) is 15.6 Å². The summed E-state index contributed by atoms with van der Waals surface area (Å²) in [6.45, 7) is 4.40. The zero-order valence-corrected chi connectivity index (χ0v) is 11.3. The van der Waals surface area contributed by atoms with Crippen LogP contribution >= 0.6 is 0 Å². The van der Waals surface area contributed by atoms with E-state index in [-0.39, 0.29) is 12.1 Å². The average molecular weight is 261 g/mol. The number of nitrogens with zero attached hydrogens (tertiary/aromatic N) is 1. The molecule has 1 aromatic heterocycles. The van der Waals surface area contributed by atoms with Gasteiger partial charge >= 0.3 is 0 Å². The lowest BCUT2D eigenvalue weighted by atomic mass is 10.0. The van der Waals surface area contributed by atoms with Crippen molar-refractivity contribution in [2.24, 2.45) is 0 Å². The van der Waals surface area contributed by atoms with Crippen molar-refractivity contribution in [3.63, 3.8) is 0 Å². The molecule has 2 atom stereocenters. The first-order chi connectivity index (χ1) is 9.28. The number of hydrogen-bond acceptors (Lipinski definition) is 5. The number of morpholine rings is 1. The van der Waals surface area contributed by atoms with Crippen LogP contribution in [0, 0.1) is 6.92 Å². The second-order valence-electron chi connectivity index (χ2n) is 4.84. The molecule has 1 saturated heterocycles. The smallest absolute Gasteiger partial charge is 0.192 e. The number of aromatic nitrogens is 1. The highest BCUT2D eigenvalue weighted by Gasteiger charge is 2.25. The van der Waals surface area contributed by atoms with Gasteiger partial charge in [0.1, 0.15) is 5.52 Å². The highest BCUT2D eigenvalue weighted by atomic mass is 16.5. The summed E-state index contributed by atoms with van der Waals surface area (Å²) >= 11 is 0. The summed E-state index contributed by atoms with van der Waals surface area (Å²) in [5.41, 5.74) is 2.90. The van der Waals surface area contributed by atoms with Crippen molar-refractivity contribution < 1.29 is 9.15 Å². The summed E-state index contributed by atoms with van der Waals surface area (Å²) in [6.07, 6.45) is 0.139. The van der Waals surface area contributed by atoms with E-state index in [4.69, 9.17) is 9.15 Å². The van der Waals surface area contributed by atoms with Gasteiger partial charge in [0, 0.05) is 20.0 Å². The van der Waals surface area contributed by atoms with E-state index in [1.165, 1.54) is 5.56 Å². The van der Waals surface area contributed by atoms with Gasteiger partial charge in [0.2, 0.25) is 0 Å². The number of rotatable bonds is 3. The fourth-order valence-corrected chi connectivity index (χ4v) is 2.62. The maximum absolute atomic E-state index is 5.83. The van der Waals surface area contributed by atoms with E-state index < -0.39 is 0 Å². The zero-order chi connectivity index (χ0) is 13.2. The number of oxazole rings is 1. The Morgan fingerprint density at radius 1 is 1.47 bits per heavy atom. The van der Waals surface area contributed by atoms with Crippen LogP contribution in [0.5, 0.6) is 0 Å². The van der Waals surface area contributed by atoms with Crippen LogP contribution in [0.25, 0.3) is 11.1 Å². The molecule has 3 rings (SSSR count). The Morgan fingerprint density at radius 2 is 2.37 bits per heavy atom. The lowest BCUT2D eigenvalue weighted by molar-refractivity contribution is 0.00539. The van der Waals surface area contributed by atoms with Crippen LogP contribution in [0.15, 0.2) is 22.6 Å². The van der Waals surface area contributed by atoms with Crippen LogP contribution in [0.1, 0.15) is 17.5 Å². The molecular weight excluding hydrogens is 242 g/mol. The molecule has 2 N–H and O–H groups in total. The second-order valence-corrected chi connectivity index (χ2v) is 4.84. The molecule has 102 valence electrons. The monoisotopic (exact) mass is 261 g/mol. The van der Waals surface area contributed by atoms with E-state index in [0.29, 0.717) is 5.89 Å². The maximum Gasteiger partial charge on any atom is 0.192 e. The van der Waals surface area contributed by atoms with Crippen molar-refractivity contribution in [3.05, 3.63) is 29.7 Å². The van der Waals surface area contributed by atoms with Gasteiger partial charge in [0.15, 0.2) is 11.5 Å². The van der Waals surface area contributed by atoms with Crippen molar-refractivity contribution in [2.45, 2.75) is 19.1 Å². The molecule has 19 heavy (non-hydrogen) atoms. The van der Waals surface area contributed by atoms with Gasteiger partial charge in [-0.2, -0.15) is 0 Å². The molecule has 1 aromatic carbocycles. The third-order valence-electron chi connectivity index (χ3n) is 3.52. The highest BCUT2D eigenvalue weighted by molar-refractivity contribution is 5.73. The minimum atomic E-state index is 0.139. The van der Waals surface area contributed by atoms with Crippen LogP contribution in [-0.4, -0.2) is 37.8 Å². The largest absolute Gasteiger partial charge is 0.441 e. The Hall–Kier alpha value is -1.43. The minimum Gasteiger partial charge on any atom is -0.441 e. The first kappa shape index (κ1) is 12.6. The lowest BCUT2D eigenvalue weighted by Crippen LogP contribution is -2.45. The van der Waals surface area contributed by atoms with Gasteiger partial charge in [-0.1, -0.05) is 6.07 Å². The van der Waals surface area contributed by atoms with Gasteiger partial charge in [-0.3, -0.25) is 0 Å². The topological polar surface area (TPSA) is 59.3 Å². The van der Waals surface area contributed by atoms with Gasteiger partial charge < -0.3 is 19.8 Å². The number of benzene rings is 1. The Morgan fingerprint density at radius 3 is 3.11 bits per heavy atom. The lowest BCUT2D eigenvalue weighted by Gasteiger charge is -2.31. The van der Waals surface area contributed by atoms with Crippen molar-refractivity contribution in [2.75, 3.05) is 26.7 Å². The third-order valence-corrected chi connectivity index (χ3v) is 3.52. The van der Waals surface area contributed by atoms with Gasteiger partial charge in [-0.25, -0.2) is 4.98 Å². The first-order valence-corrected chi connectivity index (χ1v) is 6.64. The van der Waals surface area contributed by atoms with Crippen LogP contribution in [0.3, 0.4) is 0 Å². The fraction of sp³-hybridized carbons (Fsp3) is 0.500. The number of ether oxygens (including phenoxy) is 1. The molecule has 1 aliphatic heterocycles. The molecule has 5 heteroatoms. The van der Waals surface area contributed by atoms with Crippen LogP contribution in [0.2, 0.25) is 0 Å². The van der Waals surface area contributed by atoms with E-state index in [1.807, 2.05) is 20.0 Å². The van der Waals surface area contributed by atoms with Crippen molar-refractivity contribution in [3.8, 4) is 0 Å². The molecule has 1 fully saturated rings. The molecule has 0 aliphatic carbocycles. The first-order valence-electron chi connectivity index (χ1n) is 6.64. The van der Waals surface area contributed by atoms with Crippen LogP contribution in [-0.2, 0) is 4.74 Å². The SMILES string of the molecule is CNC(c1ccc2nc(C)oc2c1)C1CNCCO1. The third kappa shape index (κ3) is 2.49. The summed E-state index contributed by atoms with van der Waals surface area (Å²) in [5.74, 6) is 0.698. The summed E-state index contributed by atoms with van der Waals surface area (Å²) in [7, 11) is 1.96. The Labute approximate surface area is 112 Å². The van der Waals surface area contributed by atoms with Crippen LogP contribution < -0.4 is 10.6 Å². The average Bonchev–Trinajstić information content (AvgIpc) is 2.80. The van der Waals surface area contributed by atoms with Crippen molar-refractivity contribution in [1.29, 1.82) is 0 Å². The van der Waals surface area contributed by atoms with Crippen molar-refractivity contribution >= 4 is 11.1 Å².